The summed E-state index contributed by atoms with van der Waals surface area (Å²) in [5, 5.41) is 7.72. The summed E-state index contributed by atoms with van der Waals surface area (Å²) in [6.45, 7) is 5.79. The third-order valence-corrected chi connectivity index (χ3v) is 2.96. The summed E-state index contributed by atoms with van der Waals surface area (Å²) in [6, 6.07) is 2.33. The van der Waals surface area contributed by atoms with Crippen molar-refractivity contribution in [3.63, 3.8) is 0 Å². The van der Waals surface area contributed by atoms with Crippen molar-refractivity contribution in [3.05, 3.63) is 23.8 Å². The normalized spacial score (nSPS) is 13.0. The van der Waals surface area contributed by atoms with Crippen LogP contribution in [0.3, 0.4) is 0 Å². The predicted molar refractivity (Wildman–Crippen MR) is 73.2 cm³/mol. The van der Waals surface area contributed by atoms with E-state index in [0.29, 0.717) is 12.4 Å². The summed E-state index contributed by atoms with van der Waals surface area (Å²) in [4.78, 5) is 8.49. The minimum atomic E-state index is 0.277. The second kappa shape index (κ2) is 6.58. The Balaban J connectivity index is 2.19. The number of ether oxygens (including phenoxy) is 1. The molecule has 2 aromatic heterocycles. The van der Waals surface area contributed by atoms with Crippen LogP contribution in [0.15, 0.2) is 12.4 Å². The highest BCUT2D eigenvalue weighted by atomic mass is 16.5. The third kappa shape index (κ3) is 3.48. The van der Waals surface area contributed by atoms with Gasteiger partial charge in [0, 0.05) is 31.0 Å². The molecule has 0 aliphatic heterocycles. The second-order valence-electron chi connectivity index (χ2n) is 4.67. The van der Waals surface area contributed by atoms with Gasteiger partial charge < -0.3 is 10.1 Å². The van der Waals surface area contributed by atoms with Crippen LogP contribution in [0, 0.1) is 6.92 Å². The molecule has 0 radical (unpaired) electrons. The number of fused-ring (bicyclic) bond motifs is 1. The molecule has 2 aromatic rings. The summed E-state index contributed by atoms with van der Waals surface area (Å²) in [6.07, 6.45) is 3.49. The molecule has 19 heavy (non-hydrogen) atoms. The number of rotatable bonds is 7. The number of nitrogens with zero attached hydrogens (tertiary/aromatic N) is 4. The number of aryl methyl sites for hydroxylation is 1. The Hall–Kier alpha value is -1.53. The molecule has 0 saturated carbocycles. The number of methoxy groups -OCH3 is 1. The highest BCUT2D eigenvalue weighted by Crippen LogP contribution is 2.08. The summed E-state index contributed by atoms with van der Waals surface area (Å²) in [7, 11) is 1.73. The van der Waals surface area contributed by atoms with E-state index in [4.69, 9.17) is 4.74 Å². The van der Waals surface area contributed by atoms with Crippen molar-refractivity contribution in [2.24, 2.45) is 0 Å². The zero-order valence-electron chi connectivity index (χ0n) is 11.8. The first-order valence-electron chi connectivity index (χ1n) is 6.63. The maximum Gasteiger partial charge on any atom is 0.252 e. The van der Waals surface area contributed by atoms with Crippen LogP contribution >= 0.6 is 0 Å². The molecule has 0 aliphatic rings. The van der Waals surface area contributed by atoms with Crippen LogP contribution in [0.1, 0.15) is 24.7 Å². The fourth-order valence-corrected chi connectivity index (χ4v) is 2.14. The van der Waals surface area contributed by atoms with Gasteiger partial charge in [-0.3, -0.25) is 0 Å². The summed E-state index contributed by atoms with van der Waals surface area (Å²) >= 11 is 0. The standard InChI is InChI=1S/C13H21N5O/c1-4-5-14-11(8-19-3)7-12-6-10(2)17-13-15-9-16-18(12)13/h6,9,11,14H,4-5,7-8H2,1-3H3. The van der Waals surface area contributed by atoms with Crippen molar-refractivity contribution in [2.45, 2.75) is 32.7 Å². The van der Waals surface area contributed by atoms with Crippen LogP contribution in [-0.2, 0) is 11.2 Å². The van der Waals surface area contributed by atoms with Gasteiger partial charge in [0.1, 0.15) is 6.33 Å². The third-order valence-electron chi connectivity index (χ3n) is 2.96. The highest BCUT2D eigenvalue weighted by Gasteiger charge is 2.13. The molecular formula is C13H21N5O. The average molecular weight is 263 g/mol. The Kier molecular flexibility index (Phi) is 4.81. The van der Waals surface area contributed by atoms with E-state index >= 15 is 0 Å². The van der Waals surface area contributed by atoms with Crippen LogP contribution in [0.25, 0.3) is 5.78 Å². The largest absolute Gasteiger partial charge is 0.383 e. The van der Waals surface area contributed by atoms with Gasteiger partial charge in [0.05, 0.1) is 6.61 Å². The maximum atomic E-state index is 5.27. The minimum absolute atomic E-state index is 0.277. The lowest BCUT2D eigenvalue weighted by Crippen LogP contribution is -2.36. The Morgan fingerprint density at radius 1 is 1.47 bits per heavy atom. The first kappa shape index (κ1) is 13.9. The molecule has 0 fully saturated rings. The van der Waals surface area contributed by atoms with E-state index in [1.807, 2.05) is 6.92 Å². The lowest BCUT2D eigenvalue weighted by molar-refractivity contribution is 0.165. The topological polar surface area (TPSA) is 64.3 Å². The molecule has 1 N–H and O–H groups in total. The number of aromatic nitrogens is 4. The van der Waals surface area contributed by atoms with Gasteiger partial charge in [0.25, 0.3) is 5.78 Å². The van der Waals surface area contributed by atoms with Crippen LogP contribution in [0.4, 0.5) is 0 Å². The van der Waals surface area contributed by atoms with Gasteiger partial charge in [-0.25, -0.2) is 9.50 Å². The van der Waals surface area contributed by atoms with Crippen LogP contribution in [0.2, 0.25) is 0 Å². The average Bonchev–Trinajstić information content (AvgIpc) is 2.84. The molecule has 0 aromatic carbocycles. The van der Waals surface area contributed by atoms with Crippen LogP contribution < -0.4 is 5.32 Å². The van der Waals surface area contributed by atoms with Crippen molar-refractivity contribution in [1.29, 1.82) is 0 Å². The molecule has 0 saturated heterocycles. The van der Waals surface area contributed by atoms with Crippen molar-refractivity contribution in [1.82, 2.24) is 24.9 Å². The Bertz CT molecular complexity index is 525. The molecule has 6 nitrogen and oxygen atoms in total. The molecular weight excluding hydrogens is 242 g/mol. The van der Waals surface area contributed by atoms with Gasteiger partial charge in [0.2, 0.25) is 0 Å². The molecule has 0 aliphatic carbocycles. The quantitative estimate of drug-likeness (QED) is 0.807. The second-order valence-corrected chi connectivity index (χ2v) is 4.67. The monoisotopic (exact) mass is 263 g/mol. The van der Waals surface area contributed by atoms with Gasteiger partial charge in [0.15, 0.2) is 0 Å². The zero-order chi connectivity index (χ0) is 13.7. The van der Waals surface area contributed by atoms with Gasteiger partial charge in [-0.05, 0) is 26.0 Å². The molecule has 2 heterocycles. The van der Waals surface area contributed by atoms with E-state index in [0.717, 1.165) is 30.8 Å². The van der Waals surface area contributed by atoms with Crippen molar-refractivity contribution >= 4 is 5.78 Å². The van der Waals surface area contributed by atoms with Crippen molar-refractivity contribution in [2.75, 3.05) is 20.3 Å². The van der Waals surface area contributed by atoms with E-state index in [9.17, 15) is 0 Å². The summed E-state index contributed by atoms with van der Waals surface area (Å²) in [5.41, 5.74) is 2.06. The number of hydrogen-bond donors (Lipinski definition) is 1. The fraction of sp³-hybridized carbons (Fsp3) is 0.615. The Morgan fingerprint density at radius 2 is 2.32 bits per heavy atom. The molecule has 1 atom stereocenters. The van der Waals surface area contributed by atoms with Crippen LogP contribution in [-0.4, -0.2) is 45.9 Å². The highest BCUT2D eigenvalue weighted by molar-refractivity contribution is 5.30. The molecule has 104 valence electrons. The molecule has 6 heteroatoms. The van der Waals surface area contributed by atoms with E-state index in [1.165, 1.54) is 6.33 Å². The zero-order valence-corrected chi connectivity index (χ0v) is 11.8. The first-order valence-corrected chi connectivity index (χ1v) is 6.63. The summed E-state index contributed by atoms with van der Waals surface area (Å²) < 4.78 is 7.07. The summed E-state index contributed by atoms with van der Waals surface area (Å²) in [5.74, 6) is 0.654. The lowest BCUT2D eigenvalue weighted by atomic mass is 10.1. The number of nitrogens with one attached hydrogen (secondary N) is 1. The van der Waals surface area contributed by atoms with E-state index in [2.05, 4.69) is 33.4 Å². The Morgan fingerprint density at radius 3 is 3.05 bits per heavy atom. The Labute approximate surface area is 113 Å². The molecule has 2 rings (SSSR count). The predicted octanol–water partition coefficient (Wildman–Crippen LogP) is 0.990. The lowest BCUT2D eigenvalue weighted by Gasteiger charge is -2.18. The minimum Gasteiger partial charge on any atom is -0.383 e. The molecule has 0 spiro atoms. The maximum absolute atomic E-state index is 5.27. The van der Waals surface area contributed by atoms with Gasteiger partial charge in [-0.1, -0.05) is 6.92 Å². The van der Waals surface area contributed by atoms with Gasteiger partial charge in [-0.2, -0.15) is 10.1 Å². The van der Waals surface area contributed by atoms with Gasteiger partial charge in [-0.15, -0.1) is 0 Å². The van der Waals surface area contributed by atoms with E-state index in [-0.39, 0.29) is 6.04 Å². The van der Waals surface area contributed by atoms with E-state index in [1.54, 1.807) is 11.6 Å². The fourth-order valence-electron chi connectivity index (χ4n) is 2.14. The van der Waals surface area contributed by atoms with Crippen molar-refractivity contribution in [3.8, 4) is 0 Å². The van der Waals surface area contributed by atoms with Crippen LogP contribution in [0.5, 0.6) is 0 Å². The van der Waals surface area contributed by atoms with Gasteiger partial charge >= 0.3 is 0 Å². The first-order chi connectivity index (χ1) is 9.24. The molecule has 1 unspecified atom stereocenters. The van der Waals surface area contributed by atoms with Crippen molar-refractivity contribution < 1.29 is 4.74 Å². The smallest absolute Gasteiger partial charge is 0.252 e. The van der Waals surface area contributed by atoms with E-state index < -0.39 is 0 Å². The SMILES string of the molecule is CCCNC(COC)Cc1cc(C)nc2ncnn12. The number of hydrogen-bond acceptors (Lipinski definition) is 5. The molecule has 0 bridgehead atoms. The molecule has 0 amide bonds.